The normalized spacial score (nSPS) is 10.8. The third-order valence-corrected chi connectivity index (χ3v) is 3.59. The van der Waals surface area contributed by atoms with Crippen molar-refractivity contribution in [1.29, 1.82) is 0 Å². The molecule has 0 saturated carbocycles. The van der Waals surface area contributed by atoms with Crippen molar-refractivity contribution in [2.24, 2.45) is 0 Å². The molecule has 3 heterocycles. The number of hydrogen-bond acceptors (Lipinski definition) is 6. The van der Waals surface area contributed by atoms with E-state index < -0.39 is 0 Å². The molecule has 3 rings (SSSR count). The highest BCUT2D eigenvalue weighted by Gasteiger charge is 2.10. The van der Waals surface area contributed by atoms with Gasteiger partial charge in [-0.3, -0.25) is 4.79 Å². The minimum atomic E-state index is -0.160. The summed E-state index contributed by atoms with van der Waals surface area (Å²) < 4.78 is 10.9. The standard InChI is InChI=1S/C12H12N4O3S/c1-7-12(16-19-15-7)18-4-3-13-11(17)9-6-10-8(14-9)2-5-20-10/h2,5-6,14H,3-4H2,1H3,(H,13,17). The van der Waals surface area contributed by atoms with Crippen LogP contribution in [0.2, 0.25) is 0 Å². The summed E-state index contributed by atoms with van der Waals surface area (Å²) >= 11 is 1.59. The van der Waals surface area contributed by atoms with Gasteiger partial charge in [-0.05, 0) is 29.6 Å². The van der Waals surface area contributed by atoms with E-state index in [4.69, 9.17) is 4.74 Å². The van der Waals surface area contributed by atoms with E-state index in [0.717, 1.165) is 10.2 Å². The molecule has 0 fully saturated rings. The first-order valence-corrected chi connectivity index (χ1v) is 6.88. The van der Waals surface area contributed by atoms with Crippen LogP contribution in [-0.2, 0) is 0 Å². The number of carbonyl (C=O) groups is 1. The van der Waals surface area contributed by atoms with Crippen LogP contribution in [0.3, 0.4) is 0 Å². The van der Waals surface area contributed by atoms with Crippen molar-refractivity contribution in [2.45, 2.75) is 6.92 Å². The minimum Gasteiger partial charge on any atom is -0.472 e. The van der Waals surface area contributed by atoms with Gasteiger partial charge in [-0.25, -0.2) is 4.63 Å². The van der Waals surface area contributed by atoms with E-state index in [1.807, 2.05) is 17.5 Å². The first-order valence-electron chi connectivity index (χ1n) is 6.00. The van der Waals surface area contributed by atoms with Crippen molar-refractivity contribution in [3.8, 4) is 5.88 Å². The van der Waals surface area contributed by atoms with Crippen molar-refractivity contribution in [3.63, 3.8) is 0 Å². The molecule has 104 valence electrons. The molecular weight excluding hydrogens is 280 g/mol. The highest BCUT2D eigenvalue weighted by Crippen LogP contribution is 2.21. The van der Waals surface area contributed by atoms with Gasteiger partial charge in [0.15, 0.2) is 0 Å². The predicted octanol–water partition coefficient (Wildman–Crippen LogP) is 1.73. The van der Waals surface area contributed by atoms with Crippen molar-refractivity contribution in [2.75, 3.05) is 13.2 Å². The highest BCUT2D eigenvalue weighted by molar-refractivity contribution is 7.17. The van der Waals surface area contributed by atoms with Gasteiger partial charge in [0.25, 0.3) is 11.8 Å². The summed E-state index contributed by atoms with van der Waals surface area (Å²) in [4.78, 5) is 15.0. The maximum Gasteiger partial charge on any atom is 0.278 e. The van der Waals surface area contributed by atoms with Gasteiger partial charge in [0.2, 0.25) is 0 Å². The van der Waals surface area contributed by atoms with Crippen molar-refractivity contribution in [3.05, 3.63) is 28.9 Å². The maximum absolute atomic E-state index is 11.9. The smallest absolute Gasteiger partial charge is 0.278 e. The molecule has 3 aromatic rings. The average Bonchev–Trinajstić information content (AvgIpc) is 3.09. The van der Waals surface area contributed by atoms with Gasteiger partial charge in [-0.1, -0.05) is 5.16 Å². The van der Waals surface area contributed by atoms with E-state index in [-0.39, 0.29) is 5.91 Å². The molecule has 0 spiro atoms. The van der Waals surface area contributed by atoms with Gasteiger partial charge in [0.05, 0.1) is 16.8 Å². The summed E-state index contributed by atoms with van der Waals surface area (Å²) in [6.45, 7) is 2.41. The van der Waals surface area contributed by atoms with Gasteiger partial charge in [0.1, 0.15) is 18.0 Å². The number of aryl methyl sites for hydroxylation is 1. The van der Waals surface area contributed by atoms with Crippen LogP contribution >= 0.6 is 11.3 Å². The van der Waals surface area contributed by atoms with Crippen LogP contribution in [0.15, 0.2) is 22.1 Å². The van der Waals surface area contributed by atoms with Gasteiger partial charge in [-0.2, -0.15) is 0 Å². The Balaban J connectivity index is 1.50. The van der Waals surface area contributed by atoms with Gasteiger partial charge in [0, 0.05) is 0 Å². The number of ether oxygens (including phenoxy) is 1. The number of nitrogens with zero attached hydrogens (tertiary/aromatic N) is 2. The van der Waals surface area contributed by atoms with Crippen molar-refractivity contribution < 1.29 is 14.2 Å². The van der Waals surface area contributed by atoms with E-state index in [1.165, 1.54) is 0 Å². The minimum absolute atomic E-state index is 0.160. The molecule has 0 aliphatic carbocycles. The number of amides is 1. The summed E-state index contributed by atoms with van der Waals surface area (Å²) in [5.74, 6) is 0.187. The molecule has 3 aromatic heterocycles. The number of nitrogens with one attached hydrogen (secondary N) is 2. The van der Waals surface area contributed by atoms with Crippen LogP contribution in [0, 0.1) is 6.92 Å². The first-order chi connectivity index (χ1) is 9.74. The van der Waals surface area contributed by atoms with Crippen LogP contribution in [-0.4, -0.2) is 34.4 Å². The molecule has 0 radical (unpaired) electrons. The SMILES string of the molecule is Cc1nonc1OCCNC(=O)c1cc2sccc2[nH]1. The molecule has 20 heavy (non-hydrogen) atoms. The molecule has 0 atom stereocenters. The first kappa shape index (κ1) is 12.7. The zero-order valence-electron chi connectivity index (χ0n) is 10.7. The number of thiophene rings is 1. The molecule has 0 unspecified atom stereocenters. The second-order valence-electron chi connectivity index (χ2n) is 4.14. The molecule has 8 heteroatoms. The van der Waals surface area contributed by atoms with Crippen LogP contribution in [0.25, 0.3) is 10.2 Å². The van der Waals surface area contributed by atoms with E-state index >= 15 is 0 Å². The predicted molar refractivity (Wildman–Crippen MR) is 73.0 cm³/mol. The lowest BCUT2D eigenvalue weighted by Gasteiger charge is -2.04. The number of aromatic nitrogens is 3. The van der Waals surface area contributed by atoms with Crippen LogP contribution in [0.5, 0.6) is 5.88 Å². The maximum atomic E-state index is 11.9. The summed E-state index contributed by atoms with van der Waals surface area (Å²) in [5.41, 5.74) is 2.10. The fourth-order valence-corrected chi connectivity index (χ4v) is 2.52. The third kappa shape index (κ3) is 2.50. The molecule has 0 aromatic carbocycles. The van der Waals surface area contributed by atoms with E-state index in [0.29, 0.717) is 30.4 Å². The van der Waals surface area contributed by atoms with Crippen molar-refractivity contribution in [1.82, 2.24) is 20.6 Å². The number of hydrogen-bond donors (Lipinski definition) is 2. The quantitative estimate of drug-likeness (QED) is 0.699. The molecular formula is C12H12N4O3S. The second-order valence-corrected chi connectivity index (χ2v) is 5.09. The molecule has 0 bridgehead atoms. The second kappa shape index (κ2) is 5.33. The van der Waals surface area contributed by atoms with Gasteiger partial charge < -0.3 is 15.0 Å². The topological polar surface area (TPSA) is 93.0 Å². The summed E-state index contributed by atoms with van der Waals surface area (Å²) in [7, 11) is 0. The number of fused-ring (bicyclic) bond motifs is 1. The Labute approximate surface area is 117 Å². The lowest BCUT2D eigenvalue weighted by Crippen LogP contribution is -2.28. The van der Waals surface area contributed by atoms with Crippen LogP contribution in [0.1, 0.15) is 16.2 Å². The Bertz CT molecular complexity index is 701. The third-order valence-electron chi connectivity index (χ3n) is 2.72. The molecule has 2 N–H and O–H groups in total. The average molecular weight is 292 g/mol. The number of H-pyrrole nitrogens is 1. The molecule has 7 nitrogen and oxygen atoms in total. The number of aromatic amines is 1. The zero-order chi connectivity index (χ0) is 13.9. The van der Waals surface area contributed by atoms with Gasteiger partial charge in [-0.15, -0.1) is 11.3 Å². The fraction of sp³-hybridized carbons (Fsp3) is 0.250. The van der Waals surface area contributed by atoms with Gasteiger partial charge >= 0.3 is 0 Å². The lowest BCUT2D eigenvalue weighted by molar-refractivity contribution is 0.0942. The summed E-state index contributed by atoms with van der Waals surface area (Å²) in [6.07, 6.45) is 0. The van der Waals surface area contributed by atoms with Crippen LogP contribution in [0.4, 0.5) is 0 Å². The van der Waals surface area contributed by atoms with E-state index in [1.54, 1.807) is 18.3 Å². The Morgan fingerprint density at radius 2 is 2.45 bits per heavy atom. The number of rotatable bonds is 5. The Morgan fingerprint density at radius 3 is 3.20 bits per heavy atom. The largest absolute Gasteiger partial charge is 0.472 e. The highest BCUT2D eigenvalue weighted by atomic mass is 32.1. The Morgan fingerprint density at radius 1 is 1.55 bits per heavy atom. The Kier molecular flexibility index (Phi) is 3.38. The van der Waals surface area contributed by atoms with Crippen molar-refractivity contribution >= 4 is 27.5 Å². The fourth-order valence-electron chi connectivity index (χ4n) is 1.73. The van der Waals surface area contributed by atoms with E-state index in [2.05, 4.69) is 25.2 Å². The summed E-state index contributed by atoms with van der Waals surface area (Å²) in [6, 6.07) is 3.78. The molecule has 0 aliphatic heterocycles. The van der Waals surface area contributed by atoms with Crippen LogP contribution < -0.4 is 10.1 Å². The zero-order valence-corrected chi connectivity index (χ0v) is 11.5. The molecule has 1 amide bonds. The Hall–Kier alpha value is -2.35. The monoisotopic (exact) mass is 292 g/mol. The lowest BCUT2D eigenvalue weighted by atomic mass is 10.4. The number of carbonyl (C=O) groups excluding carboxylic acids is 1. The summed E-state index contributed by atoms with van der Waals surface area (Å²) in [5, 5.41) is 11.9. The van der Waals surface area contributed by atoms with E-state index in [9.17, 15) is 4.79 Å². The molecule has 0 aliphatic rings. The molecule has 0 saturated heterocycles.